The average molecular weight is 328 g/mol. The van der Waals surface area contributed by atoms with Gasteiger partial charge in [0, 0.05) is 3.57 Å². The van der Waals surface area contributed by atoms with E-state index in [9.17, 15) is 13.2 Å². The molecule has 0 aliphatic heterocycles. The third kappa shape index (κ3) is 2.84. The summed E-state index contributed by atoms with van der Waals surface area (Å²) in [7, 11) is -4.19. The molecule has 0 aliphatic rings. The molecule has 1 rings (SSSR count). The van der Waals surface area contributed by atoms with Crippen molar-refractivity contribution < 1.29 is 22.5 Å². The molecule has 5 nitrogen and oxygen atoms in total. The van der Waals surface area contributed by atoms with Crippen LogP contribution in [-0.4, -0.2) is 19.7 Å². The van der Waals surface area contributed by atoms with Crippen LogP contribution >= 0.6 is 22.6 Å². The highest BCUT2D eigenvalue weighted by molar-refractivity contribution is 14.1. The maximum Gasteiger partial charge on any atom is 0.522 e. The Hall–Kier alpha value is -0.830. The first-order valence-corrected chi connectivity index (χ1v) is 5.83. The minimum Gasteiger partial charge on any atom is -0.449 e. The van der Waals surface area contributed by atoms with Crippen molar-refractivity contribution in [2.24, 2.45) is 0 Å². The molecule has 0 fully saturated rings. The summed E-state index contributed by atoms with van der Waals surface area (Å²) in [5.74, 6) is 0. The van der Waals surface area contributed by atoms with Crippen LogP contribution in [0.1, 0.15) is 0 Å². The van der Waals surface area contributed by atoms with Crippen LogP contribution < -0.4 is 0 Å². The smallest absolute Gasteiger partial charge is 0.449 e. The summed E-state index contributed by atoms with van der Waals surface area (Å²) >= 11 is 1.91. The van der Waals surface area contributed by atoms with Crippen LogP contribution in [0.3, 0.4) is 0 Å². The van der Waals surface area contributed by atoms with Gasteiger partial charge in [0.1, 0.15) is 4.90 Å². The van der Waals surface area contributed by atoms with E-state index in [1.165, 1.54) is 18.2 Å². The van der Waals surface area contributed by atoms with E-state index < -0.39 is 16.3 Å². The van der Waals surface area contributed by atoms with E-state index in [4.69, 9.17) is 5.11 Å². The van der Waals surface area contributed by atoms with Gasteiger partial charge in [0.25, 0.3) is 0 Å². The predicted octanol–water partition coefficient (Wildman–Crippen LogP) is 1.67. The van der Waals surface area contributed by atoms with Gasteiger partial charge in [-0.3, -0.25) is 0 Å². The molecule has 0 unspecified atom stereocenters. The van der Waals surface area contributed by atoms with Crippen LogP contribution in [0, 0.1) is 3.57 Å². The molecule has 1 N–H and O–H groups in total. The van der Waals surface area contributed by atoms with Gasteiger partial charge in [-0.1, -0.05) is 6.07 Å². The standard InChI is InChI=1S/C7H5IO5S/c8-5-2-1-3-6(4-5)14(11,12)13-7(9)10/h1-4H,(H,9,10). The van der Waals surface area contributed by atoms with Gasteiger partial charge >= 0.3 is 16.3 Å². The molecule has 0 spiro atoms. The van der Waals surface area contributed by atoms with E-state index in [2.05, 4.69) is 4.18 Å². The van der Waals surface area contributed by atoms with E-state index in [-0.39, 0.29) is 4.90 Å². The highest BCUT2D eigenvalue weighted by atomic mass is 127. The maximum atomic E-state index is 11.2. The minimum absolute atomic E-state index is 0.174. The lowest BCUT2D eigenvalue weighted by atomic mass is 10.4. The number of benzene rings is 1. The Morgan fingerprint density at radius 1 is 1.43 bits per heavy atom. The highest BCUT2D eigenvalue weighted by Crippen LogP contribution is 2.15. The molecular formula is C7H5IO5S. The zero-order chi connectivity index (χ0) is 10.8. The van der Waals surface area contributed by atoms with Gasteiger partial charge in [0.05, 0.1) is 0 Å². The fourth-order valence-electron chi connectivity index (χ4n) is 0.764. The summed E-state index contributed by atoms with van der Waals surface area (Å²) in [6.45, 7) is 0. The van der Waals surface area contributed by atoms with Crippen molar-refractivity contribution in [3.05, 3.63) is 27.8 Å². The second-order valence-electron chi connectivity index (χ2n) is 2.26. The Morgan fingerprint density at radius 2 is 2.07 bits per heavy atom. The summed E-state index contributed by atoms with van der Waals surface area (Å²) in [4.78, 5) is 9.90. The lowest BCUT2D eigenvalue weighted by Crippen LogP contribution is -2.11. The van der Waals surface area contributed by atoms with Crippen molar-refractivity contribution in [1.82, 2.24) is 0 Å². The van der Waals surface area contributed by atoms with Crippen LogP contribution in [0.15, 0.2) is 29.2 Å². The average Bonchev–Trinajstić information content (AvgIpc) is 2.01. The van der Waals surface area contributed by atoms with E-state index in [1.807, 2.05) is 22.6 Å². The first-order valence-electron chi connectivity index (χ1n) is 3.35. The van der Waals surface area contributed by atoms with Gasteiger partial charge in [0.15, 0.2) is 0 Å². The third-order valence-electron chi connectivity index (χ3n) is 1.27. The quantitative estimate of drug-likeness (QED) is 0.660. The number of rotatable bonds is 2. The van der Waals surface area contributed by atoms with Crippen LogP contribution in [0.5, 0.6) is 0 Å². The third-order valence-corrected chi connectivity index (χ3v) is 3.13. The molecule has 76 valence electrons. The summed E-state index contributed by atoms with van der Waals surface area (Å²) < 4.78 is 26.8. The van der Waals surface area contributed by atoms with Crippen molar-refractivity contribution in [1.29, 1.82) is 0 Å². The van der Waals surface area contributed by atoms with Gasteiger partial charge in [-0.2, -0.15) is 8.42 Å². The van der Waals surface area contributed by atoms with Gasteiger partial charge < -0.3 is 9.29 Å². The normalized spacial score (nSPS) is 10.9. The van der Waals surface area contributed by atoms with Crippen LogP contribution in [0.25, 0.3) is 0 Å². The van der Waals surface area contributed by atoms with Crippen LogP contribution in [0.2, 0.25) is 0 Å². The van der Waals surface area contributed by atoms with Gasteiger partial charge in [0.2, 0.25) is 0 Å². The predicted molar refractivity (Wildman–Crippen MR) is 55.5 cm³/mol. The van der Waals surface area contributed by atoms with Crippen molar-refractivity contribution in [2.75, 3.05) is 0 Å². The van der Waals surface area contributed by atoms with Crippen molar-refractivity contribution >= 4 is 38.9 Å². The molecule has 1 aromatic carbocycles. The molecule has 7 heteroatoms. The summed E-state index contributed by atoms with van der Waals surface area (Å²) in [5, 5.41) is 8.18. The van der Waals surface area contributed by atoms with Gasteiger partial charge in [-0.25, -0.2) is 4.79 Å². The zero-order valence-electron chi connectivity index (χ0n) is 6.68. The molecule has 0 bridgehead atoms. The number of hydrogen-bond donors (Lipinski definition) is 1. The molecule has 0 amide bonds. The van der Waals surface area contributed by atoms with E-state index in [1.54, 1.807) is 6.07 Å². The highest BCUT2D eigenvalue weighted by Gasteiger charge is 2.19. The van der Waals surface area contributed by atoms with E-state index in [0.717, 1.165) is 0 Å². The number of hydrogen-bond acceptors (Lipinski definition) is 4. The Balaban J connectivity index is 3.11. The van der Waals surface area contributed by atoms with Crippen LogP contribution in [-0.2, 0) is 14.3 Å². The fourth-order valence-corrected chi connectivity index (χ4v) is 2.32. The first kappa shape index (κ1) is 11.2. The molecule has 0 heterocycles. The Bertz CT molecular complexity index is 453. The van der Waals surface area contributed by atoms with Crippen LogP contribution in [0.4, 0.5) is 4.79 Å². The molecular weight excluding hydrogens is 323 g/mol. The second-order valence-corrected chi connectivity index (χ2v) is 5.05. The molecule has 0 atom stereocenters. The zero-order valence-corrected chi connectivity index (χ0v) is 9.65. The molecule has 0 saturated heterocycles. The summed E-state index contributed by atoms with van der Waals surface area (Å²) in [5.41, 5.74) is 0. The topological polar surface area (TPSA) is 80.7 Å². The SMILES string of the molecule is O=C(O)OS(=O)(=O)c1cccc(I)c1. The van der Waals surface area contributed by atoms with E-state index >= 15 is 0 Å². The Kier molecular flexibility index (Phi) is 3.32. The summed E-state index contributed by atoms with van der Waals surface area (Å²) in [6.07, 6.45) is -1.84. The molecule has 0 aromatic heterocycles. The number of carbonyl (C=O) groups is 1. The molecule has 0 saturated carbocycles. The first-order chi connectivity index (χ1) is 6.42. The number of carboxylic acid groups (broad SMARTS) is 1. The van der Waals surface area contributed by atoms with Gasteiger partial charge in [-0.05, 0) is 40.8 Å². The lowest BCUT2D eigenvalue weighted by Gasteiger charge is -2.01. The second kappa shape index (κ2) is 4.13. The Morgan fingerprint density at radius 3 is 2.57 bits per heavy atom. The number of halogens is 1. The summed E-state index contributed by atoms with van der Waals surface area (Å²) in [6, 6.07) is 5.76. The van der Waals surface area contributed by atoms with Crippen molar-refractivity contribution in [3.8, 4) is 0 Å². The molecule has 1 aromatic rings. The molecule has 0 aliphatic carbocycles. The van der Waals surface area contributed by atoms with Gasteiger partial charge in [-0.15, -0.1) is 0 Å². The van der Waals surface area contributed by atoms with E-state index in [0.29, 0.717) is 3.57 Å². The lowest BCUT2D eigenvalue weighted by molar-refractivity contribution is 0.147. The largest absolute Gasteiger partial charge is 0.522 e. The maximum absolute atomic E-state index is 11.2. The molecule has 14 heavy (non-hydrogen) atoms. The van der Waals surface area contributed by atoms with Crippen molar-refractivity contribution in [2.45, 2.75) is 4.90 Å². The van der Waals surface area contributed by atoms with Crippen molar-refractivity contribution in [3.63, 3.8) is 0 Å². The Labute approximate surface area is 94.0 Å². The fraction of sp³-hybridized carbons (Fsp3) is 0. The molecule has 0 radical (unpaired) electrons. The monoisotopic (exact) mass is 328 g/mol. The minimum atomic E-state index is -4.19.